The molecule has 98 valence electrons. The largest absolute Gasteiger partial charge is 0.443 e. The first kappa shape index (κ1) is 14.5. The standard InChI is InChI=1S/C13H17ClN2O2/c1-5-9-16(12(17)18-13(2,3)4)11-8-6-7-10(14)15-11/h5-8H,1,9H2,2-4H3. The molecule has 0 unspecified atom stereocenters. The number of ether oxygens (including phenoxy) is 1. The smallest absolute Gasteiger partial charge is 0.416 e. The third-order valence-corrected chi connectivity index (χ3v) is 2.11. The van der Waals surface area contributed by atoms with Gasteiger partial charge >= 0.3 is 6.09 Å². The van der Waals surface area contributed by atoms with Crippen LogP contribution in [0.1, 0.15) is 20.8 Å². The number of rotatable bonds is 3. The Balaban J connectivity index is 2.95. The molecule has 0 saturated carbocycles. The minimum Gasteiger partial charge on any atom is -0.443 e. The van der Waals surface area contributed by atoms with Crippen LogP contribution in [0, 0.1) is 0 Å². The van der Waals surface area contributed by atoms with E-state index in [0.717, 1.165) is 0 Å². The van der Waals surface area contributed by atoms with Gasteiger partial charge in [-0.25, -0.2) is 9.78 Å². The summed E-state index contributed by atoms with van der Waals surface area (Å²) in [5.74, 6) is 0.441. The van der Waals surface area contributed by atoms with Gasteiger partial charge in [-0.05, 0) is 32.9 Å². The van der Waals surface area contributed by atoms with E-state index in [1.54, 1.807) is 24.3 Å². The first-order valence-corrected chi connectivity index (χ1v) is 5.95. The van der Waals surface area contributed by atoms with E-state index in [2.05, 4.69) is 11.6 Å². The van der Waals surface area contributed by atoms with E-state index >= 15 is 0 Å². The van der Waals surface area contributed by atoms with Crippen molar-refractivity contribution in [2.45, 2.75) is 26.4 Å². The molecule has 1 aromatic heterocycles. The van der Waals surface area contributed by atoms with Crippen molar-refractivity contribution < 1.29 is 9.53 Å². The minimum atomic E-state index is -0.560. The molecule has 0 saturated heterocycles. The number of amides is 1. The summed E-state index contributed by atoms with van der Waals surface area (Å²) in [7, 11) is 0. The van der Waals surface area contributed by atoms with Gasteiger partial charge in [0.25, 0.3) is 0 Å². The predicted molar refractivity (Wildman–Crippen MR) is 73.0 cm³/mol. The summed E-state index contributed by atoms with van der Waals surface area (Å²) in [6.45, 7) is 9.35. The second-order valence-corrected chi connectivity index (χ2v) is 5.09. The summed E-state index contributed by atoms with van der Waals surface area (Å²) in [5, 5.41) is 0.324. The number of hydrogen-bond donors (Lipinski definition) is 0. The Morgan fingerprint density at radius 3 is 2.72 bits per heavy atom. The summed E-state index contributed by atoms with van der Waals surface area (Å²) < 4.78 is 5.30. The van der Waals surface area contributed by atoms with Crippen LogP contribution in [-0.2, 0) is 4.74 Å². The number of carbonyl (C=O) groups is 1. The highest BCUT2D eigenvalue weighted by molar-refractivity contribution is 6.29. The van der Waals surface area contributed by atoms with Gasteiger partial charge < -0.3 is 4.74 Å². The lowest BCUT2D eigenvalue weighted by molar-refractivity contribution is 0.0583. The van der Waals surface area contributed by atoms with Crippen LogP contribution in [-0.4, -0.2) is 23.2 Å². The molecule has 0 aliphatic rings. The van der Waals surface area contributed by atoms with Gasteiger partial charge in [-0.2, -0.15) is 0 Å². The zero-order valence-electron chi connectivity index (χ0n) is 10.8. The molecule has 0 N–H and O–H groups in total. The van der Waals surface area contributed by atoms with Crippen LogP contribution < -0.4 is 4.90 Å². The third kappa shape index (κ3) is 4.37. The molecular weight excluding hydrogens is 252 g/mol. The number of hydrogen-bond acceptors (Lipinski definition) is 3. The van der Waals surface area contributed by atoms with Gasteiger partial charge in [-0.3, -0.25) is 4.90 Å². The average molecular weight is 269 g/mol. The molecule has 18 heavy (non-hydrogen) atoms. The average Bonchev–Trinajstić information content (AvgIpc) is 2.23. The molecule has 0 radical (unpaired) electrons. The summed E-state index contributed by atoms with van der Waals surface area (Å²) in [6.07, 6.45) is 1.13. The first-order chi connectivity index (χ1) is 8.33. The van der Waals surface area contributed by atoms with Crippen molar-refractivity contribution in [1.29, 1.82) is 0 Å². The van der Waals surface area contributed by atoms with Gasteiger partial charge in [0.05, 0.1) is 0 Å². The number of nitrogens with zero attached hydrogens (tertiary/aromatic N) is 2. The van der Waals surface area contributed by atoms with Crippen molar-refractivity contribution >= 4 is 23.5 Å². The van der Waals surface area contributed by atoms with E-state index in [4.69, 9.17) is 16.3 Å². The number of pyridine rings is 1. The lowest BCUT2D eigenvalue weighted by Crippen LogP contribution is -2.37. The van der Waals surface area contributed by atoms with Crippen LogP contribution in [0.5, 0.6) is 0 Å². The summed E-state index contributed by atoms with van der Waals surface area (Å²) >= 11 is 5.81. The fourth-order valence-corrected chi connectivity index (χ4v) is 1.41. The van der Waals surface area contributed by atoms with E-state index in [1.165, 1.54) is 4.90 Å². The molecule has 5 heteroatoms. The Kier molecular flexibility index (Phi) is 4.73. The molecule has 1 heterocycles. The highest BCUT2D eigenvalue weighted by Crippen LogP contribution is 2.18. The number of carbonyl (C=O) groups excluding carboxylic acids is 1. The van der Waals surface area contributed by atoms with Crippen molar-refractivity contribution in [2.24, 2.45) is 0 Å². The van der Waals surface area contributed by atoms with E-state index in [0.29, 0.717) is 17.5 Å². The number of halogens is 1. The predicted octanol–water partition coefficient (Wildman–Crippen LogP) is 3.66. The van der Waals surface area contributed by atoms with Crippen LogP contribution in [0.2, 0.25) is 5.15 Å². The van der Waals surface area contributed by atoms with Crippen LogP contribution >= 0.6 is 11.6 Å². The molecule has 0 spiro atoms. The van der Waals surface area contributed by atoms with Crippen molar-refractivity contribution in [3.8, 4) is 0 Å². The Hall–Kier alpha value is -1.55. The van der Waals surface area contributed by atoms with Crippen LogP contribution in [0.25, 0.3) is 0 Å². The molecule has 1 amide bonds. The Bertz CT molecular complexity index is 441. The lowest BCUT2D eigenvalue weighted by atomic mass is 10.2. The van der Waals surface area contributed by atoms with Crippen molar-refractivity contribution in [3.63, 3.8) is 0 Å². The molecule has 1 rings (SSSR count). The molecule has 0 bridgehead atoms. The zero-order chi connectivity index (χ0) is 13.8. The first-order valence-electron chi connectivity index (χ1n) is 5.57. The number of aromatic nitrogens is 1. The zero-order valence-corrected chi connectivity index (χ0v) is 11.6. The highest BCUT2D eigenvalue weighted by atomic mass is 35.5. The second-order valence-electron chi connectivity index (χ2n) is 4.70. The Labute approximate surface area is 112 Å². The fourth-order valence-electron chi connectivity index (χ4n) is 1.26. The normalized spacial score (nSPS) is 10.9. The maximum absolute atomic E-state index is 12.0. The van der Waals surface area contributed by atoms with Gasteiger partial charge in [0.15, 0.2) is 0 Å². The molecular formula is C13H17ClN2O2. The van der Waals surface area contributed by atoms with Gasteiger partial charge in [-0.1, -0.05) is 23.7 Å². The Morgan fingerprint density at radius 1 is 1.56 bits per heavy atom. The molecule has 0 atom stereocenters. The van der Waals surface area contributed by atoms with E-state index in [1.807, 2.05) is 20.8 Å². The molecule has 0 fully saturated rings. The minimum absolute atomic E-state index is 0.308. The Morgan fingerprint density at radius 2 is 2.22 bits per heavy atom. The van der Waals surface area contributed by atoms with Crippen LogP contribution in [0.3, 0.4) is 0 Å². The van der Waals surface area contributed by atoms with Crippen LogP contribution in [0.4, 0.5) is 10.6 Å². The topological polar surface area (TPSA) is 42.4 Å². The molecule has 0 aromatic carbocycles. The van der Waals surface area contributed by atoms with E-state index in [9.17, 15) is 4.79 Å². The summed E-state index contributed by atoms with van der Waals surface area (Å²) in [4.78, 5) is 17.5. The second kappa shape index (κ2) is 5.87. The quantitative estimate of drug-likeness (QED) is 0.621. The fraction of sp³-hybridized carbons (Fsp3) is 0.385. The van der Waals surface area contributed by atoms with Gasteiger partial charge in [0.1, 0.15) is 16.6 Å². The maximum atomic E-state index is 12.0. The summed E-state index contributed by atoms with van der Waals surface area (Å²) in [6, 6.07) is 5.07. The van der Waals surface area contributed by atoms with Gasteiger partial charge in [0.2, 0.25) is 0 Å². The molecule has 0 aliphatic carbocycles. The van der Waals surface area contributed by atoms with E-state index < -0.39 is 11.7 Å². The molecule has 4 nitrogen and oxygen atoms in total. The van der Waals surface area contributed by atoms with Crippen molar-refractivity contribution in [3.05, 3.63) is 36.0 Å². The maximum Gasteiger partial charge on any atom is 0.416 e. The van der Waals surface area contributed by atoms with Gasteiger partial charge in [0, 0.05) is 6.54 Å². The number of anilines is 1. The monoisotopic (exact) mass is 268 g/mol. The van der Waals surface area contributed by atoms with Crippen molar-refractivity contribution in [2.75, 3.05) is 11.4 Å². The molecule has 1 aromatic rings. The molecule has 0 aliphatic heterocycles. The highest BCUT2D eigenvalue weighted by Gasteiger charge is 2.23. The lowest BCUT2D eigenvalue weighted by Gasteiger charge is -2.26. The van der Waals surface area contributed by atoms with Crippen LogP contribution in [0.15, 0.2) is 30.9 Å². The van der Waals surface area contributed by atoms with Gasteiger partial charge in [-0.15, -0.1) is 6.58 Å². The summed E-state index contributed by atoms with van der Waals surface area (Å²) in [5.41, 5.74) is -0.560. The van der Waals surface area contributed by atoms with Crippen molar-refractivity contribution in [1.82, 2.24) is 4.98 Å². The van der Waals surface area contributed by atoms with E-state index in [-0.39, 0.29) is 0 Å². The third-order valence-electron chi connectivity index (χ3n) is 1.90. The SMILES string of the molecule is C=CCN(C(=O)OC(C)(C)C)c1cccc(Cl)n1.